The second kappa shape index (κ2) is 8.85. The molecule has 3 aromatic rings. The first-order chi connectivity index (χ1) is 15.0. The van der Waals surface area contributed by atoms with Crippen molar-refractivity contribution in [3.05, 3.63) is 65.0 Å². The standard InChI is InChI=1S/C19H15F6N5O2/c1-2-32-15-5-3-14(4-6-15)30-16(27-28-29-30)10-26-17(31)11-7-12(18(20,21)22)9-13(8-11)19(23,24)25/h3-9H,2,10H2,1H3,(H,26,31). The van der Waals surface area contributed by atoms with Gasteiger partial charge in [0.2, 0.25) is 0 Å². The summed E-state index contributed by atoms with van der Waals surface area (Å²) in [6, 6.07) is 7.22. The topological polar surface area (TPSA) is 81.9 Å². The second-order valence-corrected chi connectivity index (χ2v) is 6.41. The highest BCUT2D eigenvalue weighted by molar-refractivity contribution is 5.94. The Labute approximate surface area is 177 Å². The minimum atomic E-state index is -5.06. The molecule has 13 heteroatoms. The fourth-order valence-corrected chi connectivity index (χ4v) is 2.71. The number of carbonyl (C=O) groups excluding carboxylic acids is 1. The first kappa shape index (κ1) is 23.0. The van der Waals surface area contributed by atoms with Gasteiger partial charge in [0.05, 0.1) is 30.0 Å². The number of ether oxygens (including phenoxy) is 1. The Bertz CT molecular complexity index is 1060. The molecule has 0 atom stereocenters. The smallest absolute Gasteiger partial charge is 0.416 e. The third-order valence-electron chi connectivity index (χ3n) is 4.18. The molecule has 0 saturated heterocycles. The molecule has 2 aromatic carbocycles. The van der Waals surface area contributed by atoms with E-state index >= 15 is 0 Å². The van der Waals surface area contributed by atoms with Gasteiger partial charge >= 0.3 is 12.4 Å². The van der Waals surface area contributed by atoms with E-state index in [9.17, 15) is 31.1 Å². The van der Waals surface area contributed by atoms with E-state index in [1.807, 2.05) is 6.92 Å². The molecule has 0 bridgehead atoms. The summed E-state index contributed by atoms with van der Waals surface area (Å²) in [5, 5.41) is 13.2. The summed E-state index contributed by atoms with van der Waals surface area (Å²) in [5.74, 6) is -0.447. The van der Waals surface area contributed by atoms with Crippen LogP contribution in [-0.2, 0) is 18.9 Å². The maximum Gasteiger partial charge on any atom is 0.416 e. The normalized spacial score (nSPS) is 12.0. The minimum Gasteiger partial charge on any atom is -0.494 e. The van der Waals surface area contributed by atoms with Crippen molar-refractivity contribution in [2.24, 2.45) is 0 Å². The van der Waals surface area contributed by atoms with Crippen molar-refractivity contribution in [1.29, 1.82) is 0 Å². The van der Waals surface area contributed by atoms with E-state index in [1.165, 1.54) is 4.68 Å². The van der Waals surface area contributed by atoms with Crippen molar-refractivity contribution in [2.75, 3.05) is 6.61 Å². The lowest BCUT2D eigenvalue weighted by Crippen LogP contribution is -2.26. The molecule has 1 N–H and O–H groups in total. The van der Waals surface area contributed by atoms with Gasteiger partial charge in [-0.2, -0.15) is 31.0 Å². The van der Waals surface area contributed by atoms with Crippen LogP contribution < -0.4 is 10.1 Å². The maximum atomic E-state index is 13.0. The third-order valence-corrected chi connectivity index (χ3v) is 4.18. The number of tetrazole rings is 1. The molecule has 1 heterocycles. The number of nitrogens with zero attached hydrogens (tertiary/aromatic N) is 4. The predicted molar refractivity (Wildman–Crippen MR) is 97.9 cm³/mol. The molecule has 7 nitrogen and oxygen atoms in total. The Balaban J connectivity index is 1.80. The SMILES string of the molecule is CCOc1ccc(-n2nnnc2CNC(=O)c2cc(C(F)(F)F)cc(C(F)(F)F)c2)cc1. The number of hydrogen-bond donors (Lipinski definition) is 1. The van der Waals surface area contributed by atoms with Crippen LogP contribution in [0.15, 0.2) is 42.5 Å². The Morgan fingerprint density at radius 3 is 2.12 bits per heavy atom. The van der Waals surface area contributed by atoms with E-state index in [0.29, 0.717) is 30.2 Å². The quantitative estimate of drug-likeness (QED) is 0.563. The zero-order valence-electron chi connectivity index (χ0n) is 16.3. The van der Waals surface area contributed by atoms with Gasteiger partial charge in [0.15, 0.2) is 5.82 Å². The van der Waals surface area contributed by atoms with Crippen LogP contribution in [0.1, 0.15) is 34.2 Å². The molecule has 0 radical (unpaired) electrons. The molecule has 0 fully saturated rings. The highest BCUT2D eigenvalue weighted by atomic mass is 19.4. The van der Waals surface area contributed by atoms with Crippen molar-refractivity contribution in [2.45, 2.75) is 25.8 Å². The zero-order valence-corrected chi connectivity index (χ0v) is 16.3. The summed E-state index contributed by atoms with van der Waals surface area (Å²) in [6.07, 6.45) is -10.1. The number of benzene rings is 2. The van der Waals surface area contributed by atoms with Gasteiger partial charge in [-0.25, -0.2) is 0 Å². The summed E-state index contributed by atoms with van der Waals surface area (Å²) in [4.78, 5) is 12.3. The average molecular weight is 459 g/mol. The molecular weight excluding hydrogens is 444 g/mol. The number of aromatic nitrogens is 4. The predicted octanol–water partition coefficient (Wildman–Crippen LogP) is 4.03. The third kappa shape index (κ3) is 5.34. The number of carbonyl (C=O) groups is 1. The number of amides is 1. The summed E-state index contributed by atoms with van der Waals surface area (Å²) >= 11 is 0. The summed E-state index contributed by atoms with van der Waals surface area (Å²) in [6.45, 7) is 1.93. The van der Waals surface area contributed by atoms with Gasteiger partial charge in [-0.15, -0.1) is 5.10 Å². The van der Waals surface area contributed by atoms with E-state index in [1.54, 1.807) is 24.3 Å². The van der Waals surface area contributed by atoms with Crippen molar-refractivity contribution >= 4 is 5.91 Å². The fourth-order valence-electron chi connectivity index (χ4n) is 2.71. The van der Waals surface area contributed by atoms with E-state index < -0.39 is 35.0 Å². The first-order valence-corrected chi connectivity index (χ1v) is 9.07. The molecule has 1 aromatic heterocycles. The summed E-state index contributed by atoms with van der Waals surface area (Å²) in [7, 11) is 0. The summed E-state index contributed by atoms with van der Waals surface area (Å²) < 4.78 is 84.5. The lowest BCUT2D eigenvalue weighted by atomic mass is 10.0. The van der Waals surface area contributed by atoms with Crippen molar-refractivity contribution < 1.29 is 35.9 Å². The van der Waals surface area contributed by atoms with Gasteiger partial charge in [-0.05, 0) is 59.8 Å². The van der Waals surface area contributed by atoms with Crippen LogP contribution in [0.5, 0.6) is 5.75 Å². The molecule has 1 amide bonds. The van der Waals surface area contributed by atoms with E-state index in [-0.39, 0.29) is 18.4 Å². The molecule has 0 saturated carbocycles. The van der Waals surface area contributed by atoms with Gasteiger partial charge in [0.1, 0.15) is 5.75 Å². The molecule has 170 valence electrons. The largest absolute Gasteiger partial charge is 0.494 e. The second-order valence-electron chi connectivity index (χ2n) is 6.41. The fraction of sp³-hybridized carbons (Fsp3) is 0.263. The van der Waals surface area contributed by atoms with Gasteiger partial charge < -0.3 is 10.1 Å². The maximum absolute atomic E-state index is 13.0. The highest BCUT2D eigenvalue weighted by Crippen LogP contribution is 2.36. The van der Waals surface area contributed by atoms with Gasteiger partial charge in [-0.1, -0.05) is 0 Å². The molecule has 0 aliphatic carbocycles. The Morgan fingerprint density at radius 2 is 1.59 bits per heavy atom. The Morgan fingerprint density at radius 1 is 1.00 bits per heavy atom. The molecule has 0 aliphatic rings. The van der Waals surface area contributed by atoms with Crippen LogP contribution >= 0.6 is 0 Å². The zero-order chi connectivity index (χ0) is 23.5. The lowest BCUT2D eigenvalue weighted by Gasteiger charge is -2.14. The summed E-state index contributed by atoms with van der Waals surface area (Å²) in [5.41, 5.74) is -3.47. The van der Waals surface area contributed by atoms with Crippen LogP contribution in [0.3, 0.4) is 0 Å². The van der Waals surface area contributed by atoms with E-state index in [0.717, 1.165) is 0 Å². The van der Waals surface area contributed by atoms with Crippen LogP contribution in [0.4, 0.5) is 26.3 Å². The Kier molecular flexibility index (Phi) is 6.37. The number of nitrogens with one attached hydrogen (secondary N) is 1. The number of hydrogen-bond acceptors (Lipinski definition) is 5. The molecule has 0 spiro atoms. The molecular formula is C19H15F6N5O2. The van der Waals surface area contributed by atoms with Crippen molar-refractivity contribution in [3.63, 3.8) is 0 Å². The minimum absolute atomic E-state index is 0.0523. The van der Waals surface area contributed by atoms with Crippen LogP contribution in [-0.4, -0.2) is 32.7 Å². The van der Waals surface area contributed by atoms with Gasteiger partial charge in [-0.3, -0.25) is 4.79 Å². The van der Waals surface area contributed by atoms with E-state index in [2.05, 4.69) is 20.8 Å². The van der Waals surface area contributed by atoms with Crippen LogP contribution in [0.25, 0.3) is 5.69 Å². The molecule has 32 heavy (non-hydrogen) atoms. The lowest BCUT2D eigenvalue weighted by molar-refractivity contribution is -0.143. The van der Waals surface area contributed by atoms with Gasteiger partial charge in [0.25, 0.3) is 5.91 Å². The van der Waals surface area contributed by atoms with Crippen molar-refractivity contribution in [1.82, 2.24) is 25.5 Å². The van der Waals surface area contributed by atoms with E-state index in [4.69, 9.17) is 4.74 Å². The Hall–Kier alpha value is -3.64. The average Bonchev–Trinajstić information content (AvgIpc) is 3.20. The molecule has 0 unspecified atom stereocenters. The number of rotatable bonds is 6. The molecule has 3 rings (SSSR count). The van der Waals surface area contributed by atoms with Crippen LogP contribution in [0, 0.1) is 0 Å². The molecule has 0 aliphatic heterocycles. The monoisotopic (exact) mass is 459 g/mol. The van der Waals surface area contributed by atoms with Gasteiger partial charge in [0, 0.05) is 5.56 Å². The van der Waals surface area contributed by atoms with Crippen LogP contribution in [0.2, 0.25) is 0 Å². The number of alkyl halides is 6. The number of halogens is 6. The first-order valence-electron chi connectivity index (χ1n) is 9.07. The van der Waals surface area contributed by atoms with Crippen molar-refractivity contribution in [3.8, 4) is 11.4 Å². The highest BCUT2D eigenvalue weighted by Gasteiger charge is 2.37.